The molecule has 8 heteroatoms. The van der Waals surface area contributed by atoms with Crippen LogP contribution in [0.5, 0.6) is 0 Å². The topological polar surface area (TPSA) is 79.4 Å². The Morgan fingerprint density at radius 2 is 2.00 bits per heavy atom. The van der Waals surface area contributed by atoms with Crippen molar-refractivity contribution in [2.24, 2.45) is 5.92 Å². The lowest BCUT2D eigenvalue weighted by Crippen LogP contribution is -2.45. The van der Waals surface area contributed by atoms with E-state index in [9.17, 15) is 13.2 Å². The molecule has 0 spiro atoms. The molecule has 0 bridgehead atoms. The molecule has 2 amide bonds. The molecule has 144 valence electrons. The second kappa shape index (κ2) is 6.91. The van der Waals surface area contributed by atoms with Gasteiger partial charge in [-0.15, -0.1) is 0 Å². The number of carbonyl (C=O) groups excluding carboxylic acids is 1. The first-order valence-electron chi connectivity index (χ1n) is 9.20. The lowest BCUT2D eigenvalue weighted by molar-refractivity contribution is 0.179. The van der Waals surface area contributed by atoms with Crippen LogP contribution in [-0.4, -0.2) is 41.6 Å². The molecule has 1 N–H and O–H groups in total. The summed E-state index contributed by atoms with van der Waals surface area (Å²) in [6, 6.07) is 8.84. The minimum absolute atomic E-state index is 0.107. The van der Waals surface area contributed by atoms with E-state index in [1.54, 1.807) is 29.3 Å². The fourth-order valence-corrected chi connectivity index (χ4v) is 6.98. The van der Waals surface area contributed by atoms with Gasteiger partial charge in [0.15, 0.2) is 9.84 Å². The Labute approximate surface area is 163 Å². The van der Waals surface area contributed by atoms with E-state index >= 15 is 0 Å². The molecular weight excluding hydrogens is 382 g/mol. The summed E-state index contributed by atoms with van der Waals surface area (Å²) in [4.78, 5) is 14.6. The van der Waals surface area contributed by atoms with E-state index in [2.05, 4.69) is 9.69 Å². The summed E-state index contributed by atoms with van der Waals surface area (Å²) in [5, 5.41) is 3.57. The Hall–Kier alpha value is -1.93. The number of anilines is 1. The molecule has 1 aromatic carbocycles. The zero-order valence-corrected chi connectivity index (χ0v) is 16.9. The number of hydrogen-bond acceptors (Lipinski definition) is 5. The maximum atomic E-state index is 13.3. The van der Waals surface area contributed by atoms with Crippen LogP contribution < -0.4 is 5.32 Å². The molecule has 2 heterocycles. The van der Waals surface area contributed by atoms with Crippen molar-refractivity contribution in [3.05, 3.63) is 42.1 Å². The number of carbonyl (C=O) groups is 1. The van der Waals surface area contributed by atoms with Gasteiger partial charge in [0, 0.05) is 19.3 Å². The fourth-order valence-electron chi connectivity index (χ4n) is 4.11. The standard InChI is InChI=1S/C19H23N3O3S2/c1-14-3-2-4-16(13-14)27(24,25)19(8-9-19)15-6-11-22(12-7-15)18(23)21-17-5-10-20-26-17/h2-5,10,13,15H,6-9,11-12H2,1H3,(H,21,23). The number of piperidine rings is 1. The number of amides is 2. The van der Waals surface area contributed by atoms with Gasteiger partial charge in [-0.1, -0.05) is 12.1 Å². The summed E-state index contributed by atoms with van der Waals surface area (Å²) in [5.74, 6) is 0.107. The highest BCUT2D eigenvalue weighted by Crippen LogP contribution is 2.55. The monoisotopic (exact) mass is 405 g/mol. The summed E-state index contributed by atoms with van der Waals surface area (Å²) in [5.41, 5.74) is 0.960. The quantitative estimate of drug-likeness (QED) is 0.841. The molecule has 2 aliphatic rings. The van der Waals surface area contributed by atoms with Crippen molar-refractivity contribution >= 4 is 32.4 Å². The van der Waals surface area contributed by atoms with Crippen LogP contribution >= 0.6 is 11.5 Å². The molecule has 6 nitrogen and oxygen atoms in total. The van der Waals surface area contributed by atoms with Gasteiger partial charge in [0.2, 0.25) is 0 Å². The second-order valence-electron chi connectivity index (χ2n) is 7.45. The van der Waals surface area contributed by atoms with Crippen LogP contribution in [0.4, 0.5) is 9.80 Å². The number of hydrogen-bond donors (Lipinski definition) is 1. The number of rotatable bonds is 4. The number of nitrogens with zero attached hydrogens (tertiary/aromatic N) is 2. The van der Waals surface area contributed by atoms with E-state index in [4.69, 9.17) is 0 Å². The van der Waals surface area contributed by atoms with Gasteiger partial charge in [-0.05, 0) is 73.8 Å². The van der Waals surface area contributed by atoms with Gasteiger partial charge in [0.05, 0.1) is 9.64 Å². The van der Waals surface area contributed by atoms with E-state index in [0.717, 1.165) is 36.2 Å². The predicted octanol–water partition coefficient (Wildman–Crippen LogP) is 3.70. The zero-order chi connectivity index (χ0) is 19.1. The number of likely N-dealkylation sites (tertiary alicyclic amines) is 1. The number of nitrogens with one attached hydrogen (secondary N) is 1. The third-order valence-electron chi connectivity index (χ3n) is 5.77. The van der Waals surface area contributed by atoms with Crippen LogP contribution in [-0.2, 0) is 9.84 Å². The van der Waals surface area contributed by atoms with Crippen LogP contribution in [0.1, 0.15) is 31.2 Å². The Morgan fingerprint density at radius 3 is 2.59 bits per heavy atom. The van der Waals surface area contributed by atoms with Crippen molar-refractivity contribution in [2.75, 3.05) is 18.4 Å². The zero-order valence-electron chi connectivity index (χ0n) is 15.2. The van der Waals surface area contributed by atoms with Gasteiger partial charge in [0.25, 0.3) is 0 Å². The minimum atomic E-state index is -3.35. The molecule has 27 heavy (non-hydrogen) atoms. The lowest BCUT2D eigenvalue weighted by Gasteiger charge is -2.36. The molecule has 0 atom stereocenters. The smallest absolute Gasteiger partial charge is 0.322 e. The molecule has 1 aliphatic heterocycles. The molecule has 1 aliphatic carbocycles. The highest BCUT2D eigenvalue weighted by Gasteiger charge is 2.59. The number of benzene rings is 1. The van der Waals surface area contributed by atoms with E-state index in [1.807, 2.05) is 19.1 Å². The lowest BCUT2D eigenvalue weighted by atomic mass is 9.91. The average molecular weight is 406 g/mol. The molecule has 1 saturated carbocycles. The number of sulfone groups is 1. The van der Waals surface area contributed by atoms with E-state index < -0.39 is 14.6 Å². The summed E-state index contributed by atoms with van der Waals surface area (Å²) in [7, 11) is -3.35. The first-order chi connectivity index (χ1) is 12.9. The van der Waals surface area contributed by atoms with E-state index in [-0.39, 0.29) is 11.9 Å². The SMILES string of the molecule is Cc1cccc(S(=O)(=O)C2(C3CCN(C(=O)Nc4ccns4)CC3)CC2)c1. The summed E-state index contributed by atoms with van der Waals surface area (Å²) >= 11 is 1.24. The molecule has 2 aromatic rings. The normalized spacial score (nSPS) is 19.7. The van der Waals surface area contributed by atoms with Crippen LogP contribution in [0.25, 0.3) is 0 Å². The first kappa shape index (κ1) is 18.4. The predicted molar refractivity (Wildman–Crippen MR) is 106 cm³/mol. The molecule has 0 radical (unpaired) electrons. The highest BCUT2D eigenvalue weighted by atomic mass is 32.2. The number of aromatic nitrogens is 1. The Kier molecular flexibility index (Phi) is 4.71. The van der Waals surface area contributed by atoms with Crippen molar-refractivity contribution < 1.29 is 13.2 Å². The van der Waals surface area contributed by atoms with E-state index in [0.29, 0.717) is 18.0 Å². The van der Waals surface area contributed by atoms with Gasteiger partial charge < -0.3 is 4.90 Å². The first-order valence-corrected chi connectivity index (χ1v) is 11.5. The maximum Gasteiger partial charge on any atom is 0.322 e. The van der Waals surface area contributed by atoms with E-state index in [1.165, 1.54) is 11.5 Å². The van der Waals surface area contributed by atoms with Crippen molar-refractivity contribution in [1.82, 2.24) is 9.27 Å². The fraction of sp³-hybridized carbons (Fsp3) is 0.474. The second-order valence-corrected chi connectivity index (χ2v) is 10.6. The third-order valence-corrected chi connectivity index (χ3v) is 9.12. The Balaban J connectivity index is 1.44. The Morgan fingerprint density at radius 1 is 1.26 bits per heavy atom. The molecular formula is C19H23N3O3S2. The maximum absolute atomic E-state index is 13.3. The van der Waals surface area contributed by atoms with Crippen LogP contribution in [0.3, 0.4) is 0 Å². The molecule has 1 aromatic heterocycles. The minimum Gasteiger partial charge on any atom is -0.324 e. The summed E-state index contributed by atoms with van der Waals surface area (Å²) < 4.78 is 29.9. The van der Waals surface area contributed by atoms with Crippen LogP contribution in [0.15, 0.2) is 41.4 Å². The summed E-state index contributed by atoms with van der Waals surface area (Å²) in [6.45, 7) is 3.08. The van der Waals surface area contributed by atoms with Gasteiger partial charge >= 0.3 is 6.03 Å². The Bertz CT molecular complexity index is 929. The van der Waals surface area contributed by atoms with Gasteiger partial charge in [-0.3, -0.25) is 5.32 Å². The molecule has 1 saturated heterocycles. The van der Waals surface area contributed by atoms with Crippen LogP contribution in [0.2, 0.25) is 0 Å². The van der Waals surface area contributed by atoms with Gasteiger partial charge in [0.1, 0.15) is 5.00 Å². The van der Waals surface area contributed by atoms with Crippen LogP contribution in [0, 0.1) is 12.8 Å². The highest BCUT2D eigenvalue weighted by molar-refractivity contribution is 7.93. The van der Waals surface area contributed by atoms with Crippen molar-refractivity contribution in [2.45, 2.75) is 42.2 Å². The third kappa shape index (κ3) is 3.36. The number of urea groups is 1. The van der Waals surface area contributed by atoms with Crippen molar-refractivity contribution in [3.63, 3.8) is 0 Å². The summed E-state index contributed by atoms with van der Waals surface area (Å²) in [6.07, 6.45) is 4.55. The van der Waals surface area contributed by atoms with Crippen molar-refractivity contribution in [1.29, 1.82) is 0 Å². The average Bonchev–Trinajstić information content (AvgIpc) is 3.34. The van der Waals surface area contributed by atoms with Crippen molar-refractivity contribution in [3.8, 4) is 0 Å². The molecule has 0 unspecified atom stereocenters. The van der Waals surface area contributed by atoms with Gasteiger partial charge in [-0.25, -0.2) is 13.2 Å². The number of aryl methyl sites for hydroxylation is 1. The molecule has 2 fully saturated rings. The largest absolute Gasteiger partial charge is 0.324 e. The van der Waals surface area contributed by atoms with Gasteiger partial charge in [-0.2, -0.15) is 4.37 Å². The molecule has 4 rings (SSSR count).